The second kappa shape index (κ2) is 5.76. The molecule has 7 nitrogen and oxygen atoms in total. The molecule has 2 amide bonds. The molecule has 8 heteroatoms. The van der Waals surface area contributed by atoms with Gasteiger partial charge in [-0.05, 0) is 54.0 Å². The van der Waals surface area contributed by atoms with Crippen LogP contribution < -0.4 is 15.8 Å². The van der Waals surface area contributed by atoms with Crippen molar-refractivity contribution in [3.05, 3.63) is 40.1 Å². The Bertz CT molecular complexity index is 878. The van der Waals surface area contributed by atoms with E-state index in [9.17, 15) is 4.79 Å². The van der Waals surface area contributed by atoms with Gasteiger partial charge in [0.1, 0.15) is 5.03 Å². The number of carbonyl (C=O) groups is 1. The Morgan fingerprint density at radius 2 is 2.00 bits per heavy atom. The Morgan fingerprint density at radius 1 is 1.24 bits per heavy atom. The number of benzene rings is 1. The molecule has 1 aliphatic heterocycles. The van der Waals surface area contributed by atoms with Gasteiger partial charge in [0.2, 0.25) is 0 Å². The number of nitrogens with zero attached hydrogens (tertiary/aromatic N) is 3. The number of hydrogen-bond donors (Lipinski definition) is 3. The molecule has 0 spiro atoms. The third-order valence-corrected chi connectivity index (χ3v) is 6.28. The van der Waals surface area contributed by atoms with Crippen LogP contribution in [0.4, 0.5) is 10.5 Å². The number of nitrogens with one attached hydrogen (secondary N) is 2. The number of fused-ring (bicyclic) bond motifs is 3. The van der Waals surface area contributed by atoms with Gasteiger partial charge in [-0.15, -0.1) is 4.36 Å². The van der Waals surface area contributed by atoms with Crippen molar-refractivity contribution in [2.45, 2.75) is 43.8 Å². The summed E-state index contributed by atoms with van der Waals surface area (Å²) in [6.45, 7) is 2.49. The zero-order chi connectivity index (χ0) is 17.0. The van der Waals surface area contributed by atoms with Gasteiger partial charge in [-0.25, -0.2) is 4.79 Å². The van der Waals surface area contributed by atoms with E-state index in [1.807, 2.05) is 10.7 Å². The number of anilines is 1. The molecule has 5 rings (SSSR count). The van der Waals surface area contributed by atoms with E-state index in [1.165, 1.54) is 22.3 Å². The molecule has 25 heavy (non-hydrogen) atoms. The van der Waals surface area contributed by atoms with Gasteiger partial charge in [0, 0.05) is 29.7 Å². The molecule has 3 aliphatic rings. The summed E-state index contributed by atoms with van der Waals surface area (Å²) in [6, 6.07) is 3.86. The van der Waals surface area contributed by atoms with Crippen molar-refractivity contribution in [1.29, 1.82) is 0 Å². The minimum absolute atomic E-state index is 0.371. The van der Waals surface area contributed by atoms with E-state index in [0.717, 1.165) is 56.7 Å². The highest BCUT2D eigenvalue weighted by molar-refractivity contribution is 7.85. The molecule has 1 unspecified atom stereocenters. The molecule has 0 saturated heterocycles. The summed E-state index contributed by atoms with van der Waals surface area (Å²) in [5.41, 5.74) is 7.38. The number of nitrogens with two attached hydrogens (primary N) is 1. The van der Waals surface area contributed by atoms with Gasteiger partial charge in [0.05, 0.1) is 12.2 Å². The van der Waals surface area contributed by atoms with Crippen LogP contribution in [-0.2, 0) is 49.7 Å². The summed E-state index contributed by atoms with van der Waals surface area (Å²) in [5, 5.41) is 17.6. The molecule has 4 N–H and O–H groups in total. The fraction of sp³-hybridized carbons (Fsp3) is 0.412. The van der Waals surface area contributed by atoms with Crippen LogP contribution in [0.3, 0.4) is 0 Å². The second-order valence-electron chi connectivity index (χ2n) is 6.74. The van der Waals surface area contributed by atoms with E-state index in [-0.39, 0.29) is 6.03 Å². The first-order valence-electron chi connectivity index (χ1n) is 8.64. The molecule has 0 bridgehead atoms. The molecular weight excluding hydrogens is 336 g/mol. The van der Waals surface area contributed by atoms with Crippen molar-refractivity contribution in [1.82, 2.24) is 15.1 Å². The first-order chi connectivity index (χ1) is 12.2. The molecule has 1 aromatic heterocycles. The highest BCUT2D eigenvalue weighted by Gasteiger charge is 2.28. The number of amides is 2. The predicted molar refractivity (Wildman–Crippen MR) is 96.5 cm³/mol. The molecule has 1 atom stereocenters. The topological polar surface area (TPSA) is 97.3 Å². The van der Waals surface area contributed by atoms with Gasteiger partial charge < -0.3 is 10.6 Å². The summed E-state index contributed by atoms with van der Waals surface area (Å²) in [4.78, 5) is 12.4. The monoisotopic (exact) mass is 356 g/mol. The van der Waals surface area contributed by atoms with Crippen LogP contribution in [0.15, 0.2) is 21.5 Å². The quantitative estimate of drug-likeness (QED) is 0.759. The SMILES string of the molecule is NS(=NC(=O)Nc1c2c(cc3c1CC3)CC2)c1cc2n(n1)CCNC2. The molecule has 130 valence electrons. The van der Waals surface area contributed by atoms with Gasteiger partial charge in [0.15, 0.2) is 0 Å². The van der Waals surface area contributed by atoms with Gasteiger partial charge in [-0.3, -0.25) is 9.82 Å². The molecule has 0 radical (unpaired) electrons. The summed E-state index contributed by atoms with van der Waals surface area (Å²) in [6.07, 6.45) is 4.29. The van der Waals surface area contributed by atoms with Gasteiger partial charge in [-0.2, -0.15) is 5.10 Å². The Hall–Kier alpha value is -2.03. The largest absolute Gasteiger partial charge is 0.352 e. The molecule has 1 aromatic carbocycles. The first-order valence-corrected chi connectivity index (χ1v) is 9.89. The summed E-state index contributed by atoms with van der Waals surface area (Å²) in [7, 11) is -1.04. The maximum absolute atomic E-state index is 12.4. The molecule has 0 saturated carbocycles. The number of aryl methyl sites for hydroxylation is 2. The summed E-state index contributed by atoms with van der Waals surface area (Å²) < 4.78 is 6.07. The Labute approximate surface area is 148 Å². The first kappa shape index (κ1) is 15.2. The van der Waals surface area contributed by atoms with Crippen LogP contribution in [-0.4, -0.2) is 22.4 Å². The zero-order valence-corrected chi connectivity index (χ0v) is 14.7. The minimum Gasteiger partial charge on any atom is -0.309 e. The van der Waals surface area contributed by atoms with E-state index in [2.05, 4.69) is 26.2 Å². The van der Waals surface area contributed by atoms with E-state index in [4.69, 9.17) is 5.14 Å². The lowest BCUT2D eigenvalue weighted by atomic mass is 9.76. The molecule has 2 heterocycles. The number of carbonyl (C=O) groups excluding carboxylic acids is 1. The average Bonchev–Trinajstić information content (AvgIpc) is 2.96. The van der Waals surface area contributed by atoms with Crippen LogP contribution in [0, 0.1) is 0 Å². The van der Waals surface area contributed by atoms with Crippen molar-refractivity contribution in [3.8, 4) is 0 Å². The van der Waals surface area contributed by atoms with Crippen LogP contribution in [0.2, 0.25) is 0 Å². The predicted octanol–water partition coefficient (Wildman–Crippen LogP) is 1.45. The van der Waals surface area contributed by atoms with Gasteiger partial charge in [-0.1, -0.05) is 6.07 Å². The van der Waals surface area contributed by atoms with E-state index in [1.54, 1.807) is 0 Å². The number of rotatable bonds is 2. The lowest BCUT2D eigenvalue weighted by molar-refractivity contribution is 0.260. The van der Waals surface area contributed by atoms with E-state index in [0.29, 0.717) is 5.03 Å². The highest BCUT2D eigenvalue weighted by Crippen LogP contribution is 2.40. The molecular formula is C17H20N6OS. The van der Waals surface area contributed by atoms with Gasteiger partial charge in [0.25, 0.3) is 0 Å². The van der Waals surface area contributed by atoms with Crippen LogP contribution >= 0.6 is 0 Å². The average molecular weight is 356 g/mol. The van der Waals surface area contributed by atoms with E-state index < -0.39 is 10.9 Å². The van der Waals surface area contributed by atoms with E-state index >= 15 is 0 Å². The van der Waals surface area contributed by atoms with Crippen LogP contribution in [0.5, 0.6) is 0 Å². The van der Waals surface area contributed by atoms with Crippen LogP contribution in [0.1, 0.15) is 27.9 Å². The Balaban J connectivity index is 1.39. The fourth-order valence-electron chi connectivity index (χ4n) is 3.76. The summed E-state index contributed by atoms with van der Waals surface area (Å²) >= 11 is 0. The minimum atomic E-state index is -1.04. The smallest absolute Gasteiger partial charge is 0.309 e. The summed E-state index contributed by atoms with van der Waals surface area (Å²) in [5.74, 6) is 0. The number of aromatic nitrogens is 2. The zero-order valence-electron chi connectivity index (χ0n) is 13.8. The maximum atomic E-state index is 12.4. The van der Waals surface area contributed by atoms with Gasteiger partial charge >= 0.3 is 6.03 Å². The Morgan fingerprint density at radius 3 is 2.64 bits per heavy atom. The molecule has 2 aliphatic carbocycles. The normalized spacial score (nSPS) is 18.4. The third kappa shape index (κ3) is 2.52. The highest BCUT2D eigenvalue weighted by atomic mass is 32.2. The van der Waals surface area contributed by atoms with Crippen molar-refractivity contribution >= 4 is 22.6 Å². The lowest BCUT2D eigenvalue weighted by Crippen LogP contribution is -2.28. The van der Waals surface area contributed by atoms with Crippen LogP contribution in [0.25, 0.3) is 0 Å². The van der Waals surface area contributed by atoms with Crippen molar-refractivity contribution in [2.75, 3.05) is 11.9 Å². The van der Waals surface area contributed by atoms with Crippen molar-refractivity contribution < 1.29 is 4.79 Å². The number of hydrogen-bond acceptors (Lipinski definition) is 3. The maximum Gasteiger partial charge on any atom is 0.352 e. The van der Waals surface area contributed by atoms with Crippen molar-refractivity contribution in [2.24, 2.45) is 9.50 Å². The van der Waals surface area contributed by atoms with Crippen molar-refractivity contribution in [3.63, 3.8) is 0 Å². The third-order valence-electron chi connectivity index (χ3n) is 5.29. The fourth-order valence-corrected chi connectivity index (χ4v) is 4.51. The second-order valence-corrected chi connectivity index (χ2v) is 7.97. The molecule has 2 aromatic rings. The lowest BCUT2D eigenvalue weighted by Gasteiger charge is -2.31. The standard InChI is InChI=1S/C17H20N6OS/c18-25(15-8-12-9-19-5-6-23(12)21-15)22-17(24)20-16-13-3-1-10(13)7-11-2-4-14(11)16/h7-8,19H,1-6,9H2,(H3,18,20,22,24). The molecule has 0 fully saturated rings. The Kier molecular flexibility index (Phi) is 3.51. The number of urea groups is 1.